The lowest BCUT2D eigenvalue weighted by atomic mass is 9.90. The van der Waals surface area contributed by atoms with Gasteiger partial charge in [-0.2, -0.15) is 0 Å². The van der Waals surface area contributed by atoms with Gasteiger partial charge in [0.15, 0.2) is 10.8 Å². The van der Waals surface area contributed by atoms with E-state index in [9.17, 15) is 9.59 Å². The summed E-state index contributed by atoms with van der Waals surface area (Å²) in [5.41, 5.74) is 1.07. The second kappa shape index (κ2) is 7.71. The predicted molar refractivity (Wildman–Crippen MR) is 95.2 cm³/mol. The number of ketones is 1. The van der Waals surface area contributed by atoms with Crippen molar-refractivity contribution in [3.05, 3.63) is 52.5 Å². The molecular formula is C19H22N2O2S. The number of likely N-dealkylation sites (tertiary alicyclic amines) is 1. The fraction of sp³-hybridized carbons (Fsp3) is 0.421. The van der Waals surface area contributed by atoms with Crippen molar-refractivity contribution >= 4 is 23.0 Å². The lowest BCUT2D eigenvalue weighted by molar-refractivity contribution is -0.134. The van der Waals surface area contributed by atoms with Crippen LogP contribution in [0.1, 0.15) is 47.5 Å². The molecule has 0 spiro atoms. The number of thiazole rings is 1. The molecule has 1 aliphatic heterocycles. The van der Waals surface area contributed by atoms with E-state index >= 15 is 0 Å². The number of rotatable bonds is 5. The van der Waals surface area contributed by atoms with Crippen LogP contribution in [0.5, 0.6) is 0 Å². The smallest absolute Gasteiger partial charge is 0.230 e. The maximum atomic E-state index is 12.9. The summed E-state index contributed by atoms with van der Waals surface area (Å²) in [5, 5.41) is 2.42. The third kappa shape index (κ3) is 3.56. The highest BCUT2D eigenvalue weighted by Gasteiger charge is 2.31. The number of hydrogen-bond acceptors (Lipinski definition) is 4. The molecule has 5 heteroatoms. The van der Waals surface area contributed by atoms with Crippen LogP contribution in [0.4, 0.5) is 0 Å². The minimum Gasteiger partial charge on any atom is -0.342 e. The van der Waals surface area contributed by atoms with Gasteiger partial charge in [-0.05, 0) is 24.8 Å². The summed E-state index contributed by atoms with van der Waals surface area (Å²) in [7, 11) is 0. The molecule has 1 amide bonds. The lowest BCUT2D eigenvalue weighted by Crippen LogP contribution is -2.42. The molecule has 0 N–H and O–H groups in total. The van der Waals surface area contributed by atoms with Crippen LogP contribution < -0.4 is 0 Å². The van der Waals surface area contributed by atoms with Crippen LogP contribution in [-0.4, -0.2) is 34.7 Å². The molecular weight excluding hydrogens is 320 g/mol. The zero-order chi connectivity index (χ0) is 16.9. The summed E-state index contributed by atoms with van der Waals surface area (Å²) in [5.74, 6) is 0.227. The first-order valence-electron chi connectivity index (χ1n) is 8.48. The first-order valence-corrected chi connectivity index (χ1v) is 9.36. The molecule has 0 aliphatic carbocycles. The summed E-state index contributed by atoms with van der Waals surface area (Å²) in [6.07, 6.45) is 3.92. The Balaban J connectivity index is 1.61. The molecule has 4 nitrogen and oxygen atoms in total. The van der Waals surface area contributed by atoms with E-state index < -0.39 is 0 Å². The summed E-state index contributed by atoms with van der Waals surface area (Å²) in [6, 6.07) is 9.96. The Morgan fingerprint density at radius 1 is 1.25 bits per heavy atom. The Morgan fingerprint density at radius 3 is 2.54 bits per heavy atom. The van der Waals surface area contributed by atoms with Crippen molar-refractivity contribution in [1.82, 2.24) is 9.88 Å². The summed E-state index contributed by atoms with van der Waals surface area (Å²) in [6.45, 7) is 3.36. The summed E-state index contributed by atoms with van der Waals surface area (Å²) in [4.78, 5) is 31.3. The predicted octanol–water partition coefficient (Wildman–Crippen LogP) is 3.76. The molecule has 1 fully saturated rings. The number of nitrogens with zero attached hydrogens (tertiary/aromatic N) is 2. The van der Waals surface area contributed by atoms with Crippen LogP contribution in [0.3, 0.4) is 0 Å². The average Bonchev–Trinajstić information content (AvgIpc) is 3.17. The van der Waals surface area contributed by atoms with Gasteiger partial charge < -0.3 is 4.90 Å². The number of amides is 1. The normalized spacial score (nSPS) is 16.8. The molecule has 1 aromatic heterocycles. The van der Waals surface area contributed by atoms with E-state index in [1.165, 1.54) is 11.3 Å². The third-order valence-electron chi connectivity index (χ3n) is 4.73. The van der Waals surface area contributed by atoms with Gasteiger partial charge >= 0.3 is 0 Å². The van der Waals surface area contributed by atoms with Crippen molar-refractivity contribution in [2.45, 2.75) is 32.1 Å². The Hall–Kier alpha value is -2.01. The number of benzene rings is 1. The van der Waals surface area contributed by atoms with Crippen molar-refractivity contribution in [2.75, 3.05) is 13.1 Å². The average molecular weight is 342 g/mol. The van der Waals surface area contributed by atoms with Gasteiger partial charge in [0.1, 0.15) is 0 Å². The number of piperidine rings is 1. The second-order valence-corrected chi connectivity index (χ2v) is 7.07. The van der Waals surface area contributed by atoms with Crippen molar-refractivity contribution < 1.29 is 9.59 Å². The van der Waals surface area contributed by atoms with E-state index in [0.29, 0.717) is 18.1 Å². The van der Waals surface area contributed by atoms with Gasteiger partial charge in [0.2, 0.25) is 5.91 Å². The van der Waals surface area contributed by atoms with E-state index in [0.717, 1.165) is 24.8 Å². The van der Waals surface area contributed by atoms with E-state index in [1.807, 2.05) is 47.5 Å². The van der Waals surface area contributed by atoms with Gasteiger partial charge in [-0.3, -0.25) is 9.59 Å². The molecule has 24 heavy (non-hydrogen) atoms. The van der Waals surface area contributed by atoms with E-state index in [1.54, 1.807) is 6.20 Å². The van der Waals surface area contributed by atoms with Crippen molar-refractivity contribution in [1.29, 1.82) is 0 Å². The molecule has 0 unspecified atom stereocenters. The maximum Gasteiger partial charge on any atom is 0.230 e. The number of aromatic nitrogens is 1. The number of hydrogen-bond donors (Lipinski definition) is 0. The van der Waals surface area contributed by atoms with Crippen molar-refractivity contribution in [2.24, 2.45) is 5.92 Å². The molecule has 2 heterocycles. The number of carbonyl (C=O) groups is 2. The quantitative estimate of drug-likeness (QED) is 0.778. The molecule has 126 valence electrons. The van der Waals surface area contributed by atoms with Crippen LogP contribution in [0.25, 0.3) is 0 Å². The minimum atomic E-state index is -0.0857. The summed E-state index contributed by atoms with van der Waals surface area (Å²) < 4.78 is 0. The van der Waals surface area contributed by atoms with Gasteiger partial charge in [0, 0.05) is 30.6 Å². The Labute approximate surface area is 146 Å². The molecule has 0 radical (unpaired) electrons. The highest BCUT2D eigenvalue weighted by Crippen LogP contribution is 2.27. The monoisotopic (exact) mass is 342 g/mol. The molecule has 3 rings (SSSR count). The molecule has 1 aliphatic rings. The SMILES string of the molecule is CC[C@H](C(=O)N1CCC(C(=O)c2nccs2)CC1)c1ccccc1. The van der Waals surface area contributed by atoms with Crippen LogP contribution in [-0.2, 0) is 4.79 Å². The van der Waals surface area contributed by atoms with Gasteiger partial charge in [0.05, 0.1) is 5.92 Å². The van der Waals surface area contributed by atoms with Crippen LogP contribution in [0.2, 0.25) is 0 Å². The van der Waals surface area contributed by atoms with Crippen LogP contribution in [0, 0.1) is 5.92 Å². The van der Waals surface area contributed by atoms with Gasteiger partial charge in [0.25, 0.3) is 0 Å². The topological polar surface area (TPSA) is 50.3 Å². The first kappa shape index (κ1) is 16.8. The third-order valence-corrected chi connectivity index (χ3v) is 5.52. The van der Waals surface area contributed by atoms with Crippen molar-refractivity contribution in [3.8, 4) is 0 Å². The zero-order valence-corrected chi connectivity index (χ0v) is 14.7. The Bertz CT molecular complexity index is 677. The molecule has 1 aromatic carbocycles. The van der Waals surface area contributed by atoms with E-state index in [2.05, 4.69) is 4.98 Å². The fourth-order valence-electron chi connectivity index (χ4n) is 3.34. The largest absolute Gasteiger partial charge is 0.342 e. The Morgan fingerprint density at radius 2 is 1.96 bits per heavy atom. The second-order valence-electron chi connectivity index (χ2n) is 6.17. The molecule has 0 bridgehead atoms. The first-order chi connectivity index (χ1) is 11.7. The van der Waals surface area contributed by atoms with Gasteiger partial charge in [-0.15, -0.1) is 11.3 Å². The maximum absolute atomic E-state index is 12.9. The van der Waals surface area contributed by atoms with Gasteiger partial charge in [-0.25, -0.2) is 4.98 Å². The number of carbonyl (C=O) groups excluding carboxylic acids is 2. The standard InChI is InChI=1S/C19H22N2O2S/c1-2-16(14-6-4-3-5-7-14)19(23)21-11-8-15(9-12-21)17(22)18-20-10-13-24-18/h3-7,10,13,15-16H,2,8-9,11-12H2,1H3/t16-/m0/s1. The zero-order valence-electron chi connectivity index (χ0n) is 13.9. The van der Waals surface area contributed by atoms with Gasteiger partial charge in [-0.1, -0.05) is 37.3 Å². The molecule has 2 aromatic rings. The molecule has 0 saturated carbocycles. The van der Waals surface area contributed by atoms with E-state index in [-0.39, 0.29) is 23.5 Å². The minimum absolute atomic E-state index is 0.00278. The Kier molecular flexibility index (Phi) is 5.41. The molecule has 1 saturated heterocycles. The molecule has 1 atom stereocenters. The number of Topliss-reactive ketones (excluding diaryl/α,β-unsaturated/α-hetero) is 1. The van der Waals surface area contributed by atoms with E-state index in [4.69, 9.17) is 0 Å². The van der Waals surface area contributed by atoms with Crippen LogP contribution >= 0.6 is 11.3 Å². The fourth-order valence-corrected chi connectivity index (χ4v) is 4.00. The van der Waals surface area contributed by atoms with Crippen molar-refractivity contribution in [3.63, 3.8) is 0 Å². The van der Waals surface area contributed by atoms with Crippen LogP contribution in [0.15, 0.2) is 41.9 Å². The highest BCUT2D eigenvalue weighted by molar-refractivity contribution is 7.11. The lowest BCUT2D eigenvalue weighted by Gasteiger charge is -2.33. The summed E-state index contributed by atoms with van der Waals surface area (Å²) >= 11 is 1.40. The highest BCUT2D eigenvalue weighted by atomic mass is 32.1.